The number of carbonyl (C=O) groups is 2. The van der Waals surface area contributed by atoms with E-state index in [4.69, 9.17) is 11.5 Å². The molecule has 0 aliphatic carbocycles. The number of rotatable bonds is 8. The van der Waals surface area contributed by atoms with Gasteiger partial charge in [0.1, 0.15) is 6.04 Å². The average Bonchev–Trinajstić information content (AvgIpc) is 2.50. The highest BCUT2D eigenvalue weighted by molar-refractivity contribution is 5.97. The molecule has 6 heteroatoms. The van der Waals surface area contributed by atoms with Crippen molar-refractivity contribution in [3.05, 3.63) is 35.9 Å². The van der Waals surface area contributed by atoms with Crippen molar-refractivity contribution in [1.82, 2.24) is 5.32 Å². The summed E-state index contributed by atoms with van der Waals surface area (Å²) in [5, 5.41) is 2.66. The first-order valence-electron chi connectivity index (χ1n) is 7.05. The first kappa shape index (κ1) is 16.7. The number of nitrogens with one attached hydrogen (secondary N) is 2. The molecule has 0 spiro atoms. The van der Waals surface area contributed by atoms with Crippen LogP contribution >= 0.6 is 0 Å². The summed E-state index contributed by atoms with van der Waals surface area (Å²) in [6.45, 7) is 2.60. The van der Waals surface area contributed by atoms with Crippen LogP contribution < -0.4 is 21.8 Å². The Morgan fingerprint density at radius 1 is 1.24 bits per heavy atom. The van der Waals surface area contributed by atoms with E-state index < -0.39 is 11.9 Å². The lowest BCUT2D eigenvalue weighted by atomic mass is 10.1. The van der Waals surface area contributed by atoms with Crippen LogP contribution in [0.25, 0.3) is 0 Å². The van der Waals surface area contributed by atoms with Gasteiger partial charge in [-0.2, -0.15) is 0 Å². The highest BCUT2D eigenvalue weighted by Gasteiger charge is 2.18. The van der Waals surface area contributed by atoms with E-state index in [-0.39, 0.29) is 5.91 Å². The highest BCUT2D eigenvalue weighted by Crippen LogP contribution is 2.01. The fourth-order valence-electron chi connectivity index (χ4n) is 1.80. The third-order valence-electron chi connectivity index (χ3n) is 3.09. The third-order valence-corrected chi connectivity index (χ3v) is 3.09. The van der Waals surface area contributed by atoms with Crippen molar-refractivity contribution in [3.8, 4) is 0 Å². The molecule has 114 valence electrons. The second-order valence-electron chi connectivity index (χ2n) is 4.74. The van der Waals surface area contributed by atoms with E-state index in [9.17, 15) is 9.59 Å². The van der Waals surface area contributed by atoms with E-state index in [1.54, 1.807) is 24.3 Å². The predicted octanol–water partition coefficient (Wildman–Crippen LogP) is -1.10. The van der Waals surface area contributed by atoms with Crippen molar-refractivity contribution < 1.29 is 14.6 Å². The zero-order chi connectivity index (χ0) is 15.7. The van der Waals surface area contributed by atoms with E-state index in [1.807, 2.05) is 13.0 Å². The zero-order valence-electron chi connectivity index (χ0n) is 12.3. The molecule has 1 aromatic carbocycles. The lowest BCUT2D eigenvalue weighted by molar-refractivity contribution is -0.460. The van der Waals surface area contributed by atoms with Gasteiger partial charge in [-0.15, -0.1) is 0 Å². The first-order valence-corrected chi connectivity index (χ1v) is 7.05. The number of amidine groups is 1. The number of carbonyl (C=O) groups excluding carboxylic acids is 2. The molecule has 0 saturated heterocycles. The molecule has 1 aromatic rings. The molecule has 0 bridgehead atoms. The quantitative estimate of drug-likeness (QED) is 0.277. The Morgan fingerprint density at radius 2 is 1.90 bits per heavy atom. The van der Waals surface area contributed by atoms with E-state index in [1.165, 1.54) is 0 Å². The maximum atomic E-state index is 12.0. The van der Waals surface area contributed by atoms with Crippen molar-refractivity contribution >= 4 is 17.6 Å². The Bertz CT molecular complexity index is 500. The Hall–Kier alpha value is -2.37. The van der Waals surface area contributed by atoms with Crippen LogP contribution in [0.5, 0.6) is 0 Å². The Kier molecular flexibility index (Phi) is 6.94. The number of amides is 2. The molecule has 6 nitrogen and oxygen atoms in total. The minimum Gasteiger partial charge on any atom is -0.368 e. The summed E-state index contributed by atoms with van der Waals surface area (Å²) in [5.74, 6) is -0.127. The fourth-order valence-corrected chi connectivity index (χ4v) is 1.80. The molecule has 21 heavy (non-hydrogen) atoms. The van der Waals surface area contributed by atoms with E-state index >= 15 is 0 Å². The Labute approximate surface area is 124 Å². The normalized spacial score (nSPS) is 12.7. The van der Waals surface area contributed by atoms with Crippen LogP contribution in [-0.2, 0) is 4.79 Å². The topological polar surface area (TPSA) is 112 Å². The molecule has 0 aliphatic heterocycles. The van der Waals surface area contributed by atoms with Gasteiger partial charge in [-0.3, -0.25) is 20.3 Å². The Morgan fingerprint density at radius 3 is 2.48 bits per heavy atom. The van der Waals surface area contributed by atoms with Gasteiger partial charge in [0.05, 0.1) is 6.54 Å². The van der Waals surface area contributed by atoms with Gasteiger partial charge in [-0.1, -0.05) is 25.1 Å². The van der Waals surface area contributed by atoms with Gasteiger partial charge in [0.15, 0.2) is 0 Å². The molecule has 1 atom stereocenters. The van der Waals surface area contributed by atoms with Crippen molar-refractivity contribution in [3.63, 3.8) is 0 Å². The molecule has 0 radical (unpaired) electrons. The van der Waals surface area contributed by atoms with Crippen LogP contribution in [0, 0.1) is 0 Å². The van der Waals surface area contributed by atoms with Gasteiger partial charge in [-0.25, -0.2) is 0 Å². The SMILES string of the molecule is CCC(N)=[NH+]CCCC(NC(=O)c1ccccc1)C(N)=O. The highest BCUT2D eigenvalue weighted by atomic mass is 16.2. The van der Waals surface area contributed by atoms with Crippen molar-refractivity contribution in [2.45, 2.75) is 32.2 Å². The predicted molar refractivity (Wildman–Crippen MR) is 81.4 cm³/mol. The molecule has 6 N–H and O–H groups in total. The number of primary amides is 1. The summed E-state index contributed by atoms with van der Waals surface area (Å²) < 4.78 is 0. The first-order chi connectivity index (χ1) is 10.0. The van der Waals surface area contributed by atoms with E-state index in [0.29, 0.717) is 30.8 Å². The van der Waals surface area contributed by atoms with Crippen molar-refractivity contribution in [2.24, 2.45) is 11.5 Å². The van der Waals surface area contributed by atoms with Crippen LogP contribution in [-0.4, -0.2) is 30.2 Å². The molecule has 1 unspecified atom stereocenters. The van der Waals surface area contributed by atoms with Crippen LogP contribution in [0.4, 0.5) is 0 Å². The lowest BCUT2D eigenvalue weighted by Crippen LogP contribution is -2.75. The second-order valence-corrected chi connectivity index (χ2v) is 4.74. The largest absolute Gasteiger partial charge is 0.368 e. The maximum Gasteiger partial charge on any atom is 0.251 e. The van der Waals surface area contributed by atoms with Crippen molar-refractivity contribution in [1.29, 1.82) is 0 Å². The van der Waals surface area contributed by atoms with E-state index in [2.05, 4.69) is 10.3 Å². The van der Waals surface area contributed by atoms with Gasteiger partial charge in [0.25, 0.3) is 5.91 Å². The summed E-state index contributed by atoms with van der Waals surface area (Å²) in [5.41, 5.74) is 11.5. The van der Waals surface area contributed by atoms with Crippen molar-refractivity contribution in [2.75, 3.05) is 6.54 Å². The molecular weight excluding hydrogens is 268 g/mol. The Balaban J connectivity index is 2.51. The van der Waals surface area contributed by atoms with Crippen LogP contribution in [0.15, 0.2) is 30.3 Å². The molecule has 0 aromatic heterocycles. The smallest absolute Gasteiger partial charge is 0.251 e. The van der Waals surface area contributed by atoms with Gasteiger partial charge in [0.2, 0.25) is 11.7 Å². The number of hydrogen-bond acceptors (Lipinski definition) is 2. The van der Waals surface area contributed by atoms with Crippen LogP contribution in [0.2, 0.25) is 0 Å². The molecule has 1 rings (SSSR count). The van der Waals surface area contributed by atoms with Crippen LogP contribution in [0.1, 0.15) is 36.5 Å². The molecule has 0 aliphatic rings. The summed E-state index contributed by atoms with van der Waals surface area (Å²) in [4.78, 5) is 26.4. The minimum absolute atomic E-state index is 0.299. The summed E-state index contributed by atoms with van der Waals surface area (Å²) in [6, 6.07) is 8.05. The number of nitrogens with two attached hydrogens (primary N) is 2. The summed E-state index contributed by atoms with van der Waals surface area (Å²) in [7, 11) is 0. The molecular formula is C15H23N4O2+. The zero-order valence-corrected chi connectivity index (χ0v) is 12.3. The number of hydrogen-bond donors (Lipinski definition) is 4. The molecule has 0 saturated carbocycles. The summed E-state index contributed by atoms with van der Waals surface area (Å²) in [6.07, 6.45) is 1.91. The van der Waals surface area contributed by atoms with Gasteiger partial charge in [-0.05, 0) is 25.0 Å². The third kappa shape index (κ3) is 6.07. The van der Waals surface area contributed by atoms with Gasteiger partial charge in [0, 0.05) is 12.0 Å². The second kappa shape index (κ2) is 8.73. The van der Waals surface area contributed by atoms with Gasteiger partial charge < -0.3 is 11.1 Å². The number of benzene rings is 1. The van der Waals surface area contributed by atoms with Crippen LogP contribution in [0.3, 0.4) is 0 Å². The summed E-state index contributed by atoms with van der Waals surface area (Å²) >= 11 is 0. The molecule has 2 amide bonds. The van der Waals surface area contributed by atoms with E-state index in [0.717, 1.165) is 6.42 Å². The maximum absolute atomic E-state index is 12.0. The molecule has 0 fully saturated rings. The fraction of sp³-hybridized carbons (Fsp3) is 0.400. The average molecular weight is 291 g/mol. The van der Waals surface area contributed by atoms with Gasteiger partial charge >= 0.3 is 0 Å². The lowest BCUT2D eigenvalue weighted by Gasteiger charge is -2.14. The molecule has 0 heterocycles. The minimum atomic E-state index is -0.678. The monoisotopic (exact) mass is 291 g/mol. The standard InChI is InChI=1S/C15H22N4O2/c1-2-13(16)18-10-6-9-12(14(17)20)19-15(21)11-7-4-3-5-8-11/h3-5,7-8,12H,2,6,9-10H2,1H3,(H2,16,18)(H2,17,20)(H,19,21)/p+1.